The van der Waals surface area contributed by atoms with Gasteiger partial charge in [-0.15, -0.1) is 0 Å². The van der Waals surface area contributed by atoms with Crippen LogP contribution in [0.15, 0.2) is 36.4 Å². The Bertz CT molecular complexity index is 879. The number of aromatic nitrogens is 2. The molecule has 2 N–H and O–H groups in total. The summed E-state index contributed by atoms with van der Waals surface area (Å²) in [5.74, 6) is 0.128. The Morgan fingerprint density at radius 1 is 1.29 bits per heavy atom. The van der Waals surface area contributed by atoms with Crippen LogP contribution in [-0.2, 0) is 0 Å². The number of anilines is 1. The van der Waals surface area contributed by atoms with Gasteiger partial charge >= 0.3 is 0 Å². The van der Waals surface area contributed by atoms with Crippen LogP contribution < -0.4 is 10.5 Å². The minimum atomic E-state index is -0.598. The minimum absolute atomic E-state index is 0.0775. The van der Waals surface area contributed by atoms with Crippen molar-refractivity contribution < 1.29 is 9.13 Å². The van der Waals surface area contributed by atoms with E-state index in [1.165, 1.54) is 19.2 Å². The molecule has 0 radical (unpaired) electrons. The summed E-state index contributed by atoms with van der Waals surface area (Å²) in [4.78, 5) is 4.25. The fraction of sp³-hybridized carbons (Fsp3) is 0.0667. The highest BCUT2D eigenvalue weighted by atomic mass is 19.1. The van der Waals surface area contributed by atoms with E-state index >= 15 is 0 Å². The lowest BCUT2D eigenvalue weighted by atomic mass is 10.1. The fourth-order valence-electron chi connectivity index (χ4n) is 2.32. The van der Waals surface area contributed by atoms with Crippen LogP contribution in [-0.4, -0.2) is 16.7 Å². The maximum atomic E-state index is 13.8. The Morgan fingerprint density at radius 3 is 2.76 bits per heavy atom. The molecule has 0 unspecified atom stereocenters. The number of ether oxygens (including phenoxy) is 1. The molecule has 21 heavy (non-hydrogen) atoms. The first kappa shape index (κ1) is 12.9. The van der Waals surface area contributed by atoms with Crippen LogP contribution in [0, 0.1) is 17.1 Å². The number of hydrogen-bond acceptors (Lipinski definition) is 4. The molecule has 1 heterocycles. The molecule has 0 aliphatic carbocycles. The summed E-state index contributed by atoms with van der Waals surface area (Å²) in [6, 6.07) is 11.6. The van der Waals surface area contributed by atoms with Crippen molar-refractivity contribution in [3.8, 4) is 17.5 Å². The largest absolute Gasteiger partial charge is 0.494 e. The number of para-hydroxylation sites is 1. The zero-order valence-corrected chi connectivity index (χ0v) is 11.2. The lowest BCUT2D eigenvalue weighted by Gasteiger charge is -2.09. The highest BCUT2D eigenvalue weighted by Gasteiger charge is 2.17. The zero-order valence-electron chi connectivity index (χ0n) is 11.2. The summed E-state index contributed by atoms with van der Waals surface area (Å²) in [5, 5.41) is 9.17. The standard InChI is InChI=1S/C15H11FN4O/c1-21-13-7-3-6-12-14(13)19-15(18)20(12)11-5-2-4-10(16)9(11)8-17/h2-7H,1H3,(H2,18,19). The van der Waals surface area contributed by atoms with Gasteiger partial charge in [0.05, 0.1) is 18.3 Å². The van der Waals surface area contributed by atoms with Gasteiger partial charge in [0.15, 0.2) is 0 Å². The van der Waals surface area contributed by atoms with Crippen molar-refractivity contribution in [1.29, 1.82) is 5.26 Å². The van der Waals surface area contributed by atoms with Crippen molar-refractivity contribution in [3.05, 3.63) is 47.8 Å². The molecule has 3 rings (SSSR count). The van der Waals surface area contributed by atoms with Crippen molar-refractivity contribution >= 4 is 17.0 Å². The molecule has 0 aliphatic heterocycles. The van der Waals surface area contributed by atoms with Gasteiger partial charge in [0.1, 0.15) is 28.7 Å². The normalized spacial score (nSPS) is 10.5. The van der Waals surface area contributed by atoms with Crippen molar-refractivity contribution in [2.45, 2.75) is 0 Å². The molecule has 0 atom stereocenters. The Morgan fingerprint density at radius 2 is 2.05 bits per heavy atom. The van der Waals surface area contributed by atoms with E-state index in [2.05, 4.69) is 4.98 Å². The Kier molecular flexibility index (Phi) is 2.95. The molecule has 0 fully saturated rings. The van der Waals surface area contributed by atoms with E-state index in [0.717, 1.165) is 0 Å². The minimum Gasteiger partial charge on any atom is -0.494 e. The summed E-state index contributed by atoms with van der Waals surface area (Å²) in [7, 11) is 1.53. The Balaban J connectivity index is 2.40. The van der Waals surface area contributed by atoms with Gasteiger partial charge in [0, 0.05) is 0 Å². The average molecular weight is 282 g/mol. The summed E-state index contributed by atoms with van der Waals surface area (Å²) in [6.07, 6.45) is 0. The number of nitriles is 1. The molecule has 0 aliphatic rings. The van der Waals surface area contributed by atoms with E-state index in [4.69, 9.17) is 10.5 Å². The molecule has 0 bridgehead atoms. The SMILES string of the molecule is COc1cccc2c1nc(N)n2-c1cccc(F)c1C#N. The lowest BCUT2D eigenvalue weighted by molar-refractivity contribution is 0.419. The summed E-state index contributed by atoms with van der Waals surface area (Å²) < 4.78 is 20.6. The highest BCUT2D eigenvalue weighted by Crippen LogP contribution is 2.31. The van der Waals surface area contributed by atoms with Crippen LogP contribution >= 0.6 is 0 Å². The van der Waals surface area contributed by atoms with Gasteiger partial charge in [0.2, 0.25) is 5.95 Å². The number of halogens is 1. The molecule has 0 saturated heterocycles. The van der Waals surface area contributed by atoms with Gasteiger partial charge in [-0.05, 0) is 24.3 Å². The molecule has 2 aromatic carbocycles. The molecule has 5 nitrogen and oxygen atoms in total. The van der Waals surface area contributed by atoms with Gasteiger partial charge in [0.25, 0.3) is 0 Å². The number of nitrogen functional groups attached to an aromatic ring is 1. The molecule has 6 heteroatoms. The van der Waals surface area contributed by atoms with Crippen LogP contribution in [0.1, 0.15) is 5.56 Å². The number of methoxy groups -OCH3 is 1. The van der Waals surface area contributed by atoms with E-state index in [-0.39, 0.29) is 11.5 Å². The molecule has 0 amide bonds. The fourth-order valence-corrected chi connectivity index (χ4v) is 2.32. The van der Waals surface area contributed by atoms with Crippen LogP contribution in [0.2, 0.25) is 0 Å². The van der Waals surface area contributed by atoms with Gasteiger partial charge in [-0.3, -0.25) is 4.57 Å². The molecular formula is C15H11FN4O. The number of imidazole rings is 1. The molecule has 0 spiro atoms. The second kappa shape index (κ2) is 4.80. The third kappa shape index (κ3) is 1.87. The van der Waals surface area contributed by atoms with Gasteiger partial charge < -0.3 is 10.5 Å². The van der Waals surface area contributed by atoms with E-state index in [1.54, 1.807) is 28.8 Å². The lowest BCUT2D eigenvalue weighted by Crippen LogP contribution is -2.04. The maximum absolute atomic E-state index is 13.8. The predicted molar refractivity (Wildman–Crippen MR) is 76.7 cm³/mol. The monoisotopic (exact) mass is 282 g/mol. The van der Waals surface area contributed by atoms with Crippen molar-refractivity contribution in [3.63, 3.8) is 0 Å². The topological polar surface area (TPSA) is 76.9 Å². The smallest absolute Gasteiger partial charge is 0.206 e. The summed E-state index contributed by atoms with van der Waals surface area (Å²) in [6.45, 7) is 0. The molecule has 104 valence electrons. The average Bonchev–Trinajstić information content (AvgIpc) is 2.82. The summed E-state index contributed by atoms with van der Waals surface area (Å²) >= 11 is 0. The number of rotatable bonds is 2. The first-order valence-corrected chi connectivity index (χ1v) is 6.17. The van der Waals surface area contributed by atoms with Gasteiger partial charge in [-0.2, -0.15) is 5.26 Å². The molecular weight excluding hydrogens is 271 g/mol. The Labute approximate surface area is 120 Å². The van der Waals surface area contributed by atoms with Crippen molar-refractivity contribution in [2.24, 2.45) is 0 Å². The van der Waals surface area contributed by atoms with Crippen molar-refractivity contribution in [2.75, 3.05) is 12.8 Å². The van der Waals surface area contributed by atoms with E-state index in [9.17, 15) is 9.65 Å². The van der Waals surface area contributed by atoms with E-state index < -0.39 is 5.82 Å². The number of benzene rings is 2. The Hall–Kier alpha value is -3.07. The molecule has 1 aromatic heterocycles. The number of nitrogens with two attached hydrogens (primary N) is 1. The summed E-state index contributed by atoms with van der Waals surface area (Å²) in [5.41, 5.74) is 7.43. The first-order valence-electron chi connectivity index (χ1n) is 6.17. The van der Waals surface area contributed by atoms with Crippen LogP contribution in [0.25, 0.3) is 16.7 Å². The third-order valence-corrected chi connectivity index (χ3v) is 3.24. The highest BCUT2D eigenvalue weighted by molar-refractivity contribution is 5.86. The third-order valence-electron chi connectivity index (χ3n) is 3.24. The molecule has 0 saturated carbocycles. The second-order valence-corrected chi connectivity index (χ2v) is 4.38. The number of hydrogen-bond donors (Lipinski definition) is 1. The first-order chi connectivity index (χ1) is 10.2. The van der Waals surface area contributed by atoms with E-state index in [0.29, 0.717) is 22.5 Å². The van der Waals surface area contributed by atoms with Crippen LogP contribution in [0.3, 0.4) is 0 Å². The van der Waals surface area contributed by atoms with Crippen LogP contribution in [0.4, 0.5) is 10.3 Å². The van der Waals surface area contributed by atoms with Crippen molar-refractivity contribution in [1.82, 2.24) is 9.55 Å². The second-order valence-electron chi connectivity index (χ2n) is 4.38. The van der Waals surface area contributed by atoms with Gasteiger partial charge in [-0.1, -0.05) is 12.1 Å². The predicted octanol–water partition coefficient (Wildman–Crippen LogP) is 2.63. The number of fused-ring (bicyclic) bond motifs is 1. The van der Waals surface area contributed by atoms with Crippen LogP contribution in [0.5, 0.6) is 5.75 Å². The number of nitrogens with zero attached hydrogens (tertiary/aromatic N) is 3. The zero-order chi connectivity index (χ0) is 15.0. The molecule has 3 aromatic rings. The van der Waals surface area contributed by atoms with E-state index in [1.807, 2.05) is 6.07 Å². The van der Waals surface area contributed by atoms with Gasteiger partial charge in [-0.25, -0.2) is 9.37 Å². The quantitative estimate of drug-likeness (QED) is 0.783. The maximum Gasteiger partial charge on any atom is 0.206 e.